The van der Waals surface area contributed by atoms with Crippen LogP contribution in [-0.4, -0.2) is 31.4 Å². The number of hydrogen-bond acceptors (Lipinski definition) is 3. The van der Waals surface area contributed by atoms with E-state index in [1.54, 1.807) is 0 Å². The van der Waals surface area contributed by atoms with Crippen LogP contribution in [0.5, 0.6) is 0 Å². The van der Waals surface area contributed by atoms with Gasteiger partial charge < -0.3 is 16.0 Å². The van der Waals surface area contributed by atoms with Crippen molar-refractivity contribution < 1.29 is 9.59 Å². The normalized spacial score (nSPS) is 12.0. The van der Waals surface area contributed by atoms with Gasteiger partial charge in [0.2, 0.25) is 11.8 Å². The van der Waals surface area contributed by atoms with Crippen molar-refractivity contribution in [2.45, 2.75) is 40.2 Å². The second-order valence-electron chi connectivity index (χ2n) is 6.03. The van der Waals surface area contributed by atoms with Crippen LogP contribution < -0.4 is 16.0 Å². The zero-order valence-corrected chi connectivity index (χ0v) is 14.6. The topological polar surface area (TPSA) is 70.2 Å². The quantitative estimate of drug-likeness (QED) is 0.608. The van der Waals surface area contributed by atoms with E-state index in [9.17, 15) is 9.59 Å². The van der Waals surface area contributed by atoms with Crippen molar-refractivity contribution in [2.24, 2.45) is 5.92 Å². The first-order valence-electron chi connectivity index (χ1n) is 8.27. The highest BCUT2D eigenvalue weighted by Gasteiger charge is 2.16. The zero-order valence-electron chi connectivity index (χ0n) is 14.6. The maximum Gasteiger partial charge on any atom is 0.234 e. The van der Waals surface area contributed by atoms with Crippen molar-refractivity contribution in [3.63, 3.8) is 0 Å². The zero-order chi connectivity index (χ0) is 17.2. The molecule has 0 spiro atoms. The van der Waals surface area contributed by atoms with Gasteiger partial charge in [0.05, 0.1) is 6.54 Å². The molecule has 0 saturated heterocycles. The molecule has 0 aromatic heterocycles. The van der Waals surface area contributed by atoms with Gasteiger partial charge in [0.15, 0.2) is 0 Å². The van der Waals surface area contributed by atoms with Crippen molar-refractivity contribution in [3.05, 3.63) is 35.4 Å². The van der Waals surface area contributed by atoms with Gasteiger partial charge in [-0.25, -0.2) is 0 Å². The number of amides is 2. The number of carbonyl (C=O) groups excluding carboxylic acids is 2. The van der Waals surface area contributed by atoms with E-state index >= 15 is 0 Å². The predicted molar refractivity (Wildman–Crippen MR) is 93.1 cm³/mol. The Morgan fingerprint density at radius 2 is 1.65 bits per heavy atom. The number of nitrogens with one attached hydrogen (secondary N) is 3. The number of rotatable bonds is 9. The number of hydrogen-bond donors (Lipinski definition) is 3. The highest BCUT2D eigenvalue weighted by molar-refractivity contribution is 5.78. The van der Waals surface area contributed by atoms with Crippen LogP contribution in [0, 0.1) is 5.92 Å². The van der Waals surface area contributed by atoms with E-state index in [0.717, 1.165) is 6.42 Å². The Bertz CT molecular complexity index is 497. The highest BCUT2D eigenvalue weighted by Crippen LogP contribution is 2.21. The van der Waals surface area contributed by atoms with E-state index in [0.29, 0.717) is 19.0 Å². The van der Waals surface area contributed by atoms with E-state index in [1.807, 2.05) is 0 Å². The molecule has 5 nitrogen and oxygen atoms in total. The Balaban J connectivity index is 2.46. The highest BCUT2D eigenvalue weighted by atomic mass is 16.2. The van der Waals surface area contributed by atoms with E-state index in [4.69, 9.17) is 0 Å². The molecule has 1 rings (SSSR count). The van der Waals surface area contributed by atoms with E-state index in [2.05, 4.69) is 61.0 Å². The molecule has 1 aromatic rings. The van der Waals surface area contributed by atoms with Crippen LogP contribution in [0.2, 0.25) is 0 Å². The third-order valence-corrected chi connectivity index (χ3v) is 3.72. The van der Waals surface area contributed by atoms with Gasteiger partial charge in [-0.3, -0.25) is 9.59 Å². The summed E-state index contributed by atoms with van der Waals surface area (Å²) in [6.07, 6.45) is 1.02. The molecule has 1 atom stereocenters. The summed E-state index contributed by atoms with van der Waals surface area (Å²) in [4.78, 5) is 22.6. The fourth-order valence-electron chi connectivity index (χ4n) is 2.40. The van der Waals surface area contributed by atoms with Crippen molar-refractivity contribution in [3.8, 4) is 0 Å². The van der Waals surface area contributed by atoms with Crippen LogP contribution in [0.25, 0.3) is 0 Å². The van der Waals surface area contributed by atoms with Crippen LogP contribution in [0.3, 0.4) is 0 Å². The van der Waals surface area contributed by atoms with Crippen LogP contribution in [-0.2, 0) is 16.0 Å². The minimum absolute atomic E-state index is 0.0637. The second-order valence-corrected chi connectivity index (χ2v) is 6.03. The third-order valence-electron chi connectivity index (χ3n) is 3.72. The van der Waals surface area contributed by atoms with Crippen LogP contribution >= 0.6 is 0 Å². The van der Waals surface area contributed by atoms with Crippen LogP contribution in [0.4, 0.5) is 0 Å². The van der Waals surface area contributed by atoms with Gasteiger partial charge in [-0.2, -0.15) is 0 Å². The molecule has 128 valence electrons. The lowest BCUT2D eigenvalue weighted by Gasteiger charge is -2.23. The Kier molecular flexibility index (Phi) is 8.33. The average molecular weight is 319 g/mol. The lowest BCUT2D eigenvalue weighted by Crippen LogP contribution is -2.40. The SMILES string of the molecule is CCc1ccc(C(NCC(=O)NCCNC(C)=O)C(C)C)cc1. The first-order valence-corrected chi connectivity index (χ1v) is 8.27. The number of benzene rings is 1. The van der Waals surface area contributed by atoms with Gasteiger partial charge in [-0.1, -0.05) is 45.0 Å². The van der Waals surface area contributed by atoms with E-state index in [-0.39, 0.29) is 24.4 Å². The first-order chi connectivity index (χ1) is 10.9. The standard InChI is InChI=1S/C18H29N3O2/c1-5-15-6-8-16(9-7-15)18(13(2)3)21-12-17(23)20-11-10-19-14(4)22/h6-9,13,18,21H,5,10-12H2,1-4H3,(H,19,22)(H,20,23). The van der Waals surface area contributed by atoms with Gasteiger partial charge in [0, 0.05) is 26.1 Å². The molecule has 0 aliphatic carbocycles. The van der Waals surface area contributed by atoms with Gasteiger partial charge in [-0.05, 0) is 23.5 Å². The molecule has 0 heterocycles. The molecule has 0 aliphatic heterocycles. The molecule has 3 N–H and O–H groups in total. The Morgan fingerprint density at radius 1 is 1.04 bits per heavy atom. The van der Waals surface area contributed by atoms with Crippen molar-refractivity contribution in [1.82, 2.24) is 16.0 Å². The molecule has 23 heavy (non-hydrogen) atoms. The lowest BCUT2D eigenvalue weighted by molar-refractivity contribution is -0.121. The maximum atomic E-state index is 11.9. The monoisotopic (exact) mass is 319 g/mol. The van der Waals surface area contributed by atoms with E-state index in [1.165, 1.54) is 18.1 Å². The smallest absolute Gasteiger partial charge is 0.234 e. The van der Waals surface area contributed by atoms with Gasteiger partial charge in [-0.15, -0.1) is 0 Å². The summed E-state index contributed by atoms with van der Waals surface area (Å²) < 4.78 is 0. The number of aryl methyl sites for hydroxylation is 1. The van der Waals surface area contributed by atoms with Crippen molar-refractivity contribution in [1.29, 1.82) is 0 Å². The fraction of sp³-hybridized carbons (Fsp3) is 0.556. The summed E-state index contributed by atoms with van der Waals surface area (Å²) in [7, 11) is 0. The first kappa shape index (κ1) is 19.2. The maximum absolute atomic E-state index is 11.9. The molecule has 0 saturated carbocycles. The minimum atomic E-state index is -0.0900. The molecule has 0 radical (unpaired) electrons. The molecule has 1 aromatic carbocycles. The number of carbonyl (C=O) groups is 2. The minimum Gasteiger partial charge on any atom is -0.355 e. The molecule has 0 bridgehead atoms. The molecule has 1 unspecified atom stereocenters. The van der Waals surface area contributed by atoms with Gasteiger partial charge in [0.25, 0.3) is 0 Å². The molecule has 5 heteroatoms. The van der Waals surface area contributed by atoms with Crippen LogP contribution in [0.15, 0.2) is 24.3 Å². The summed E-state index contributed by atoms with van der Waals surface area (Å²) in [5.41, 5.74) is 2.51. The molecular weight excluding hydrogens is 290 g/mol. The molecule has 2 amide bonds. The van der Waals surface area contributed by atoms with E-state index < -0.39 is 0 Å². The Labute approximate surface area is 139 Å². The van der Waals surface area contributed by atoms with Crippen molar-refractivity contribution >= 4 is 11.8 Å². The summed E-state index contributed by atoms with van der Waals surface area (Å²) in [6, 6.07) is 8.68. The van der Waals surface area contributed by atoms with Crippen molar-refractivity contribution in [2.75, 3.05) is 19.6 Å². The van der Waals surface area contributed by atoms with Crippen LogP contribution in [0.1, 0.15) is 44.9 Å². The predicted octanol–water partition coefficient (Wildman–Crippen LogP) is 1.79. The largest absolute Gasteiger partial charge is 0.355 e. The molecular formula is C18H29N3O2. The molecule has 0 fully saturated rings. The average Bonchev–Trinajstić information content (AvgIpc) is 2.52. The molecule has 0 aliphatic rings. The Hall–Kier alpha value is -1.88. The third kappa shape index (κ3) is 7.28. The van der Waals surface area contributed by atoms with Gasteiger partial charge >= 0.3 is 0 Å². The summed E-state index contributed by atoms with van der Waals surface area (Å²) in [5.74, 6) is 0.230. The lowest BCUT2D eigenvalue weighted by atomic mass is 9.95. The fourth-order valence-corrected chi connectivity index (χ4v) is 2.40. The Morgan fingerprint density at radius 3 is 2.17 bits per heavy atom. The summed E-state index contributed by atoms with van der Waals surface area (Å²) >= 11 is 0. The summed E-state index contributed by atoms with van der Waals surface area (Å²) in [5, 5.41) is 8.76. The summed E-state index contributed by atoms with van der Waals surface area (Å²) in [6.45, 7) is 9.03. The second kappa shape index (κ2) is 10.0. The van der Waals surface area contributed by atoms with Gasteiger partial charge in [0.1, 0.15) is 0 Å².